The summed E-state index contributed by atoms with van der Waals surface area (Å²) in [7, 11) is 0. The molecule has 0 aliphatic rings. The van der Waals surface area contributed by atoms with Gasteiger partial charge in [0.15, 0.2) is 0 Å². The van der Waals surface area contributed by atoms with Crippen LogP contribution in [0.5, 0.6) is 11.5 Å². The van der Waals surface area contributed by atoms with Crippen LogP contribution >= 0.6 is 27.5 Å². The van der Waals surface area contributed by atoms with Gasteiger partial charge in [-0.05, 0) is 37.3 Å². The van der Waals surface area contributed by atoms with Gasteiger partial charge in [-0.2, -0.15) is 0 Å². The van der Waals surface area contributed by atoms with E-state index < -0.39 is 0 Å². The van der Waals surface area contributed by atoms with Crippen LogP contribution in [0.1, 0.15) is 11.1 Å². The van der Waals surface area contributed by atoms with Crippen LogP contribution in [0.15, 0.2) is 42.5 Å². The predicted molar refractivity (Wildman–Crippen MR) is 75.3 cm³/mol. The van der Waals surface area contributed by atoms with E-state index in [0.717, 1.165) is 27.4 Å². The topological polar surface area (TPSA) is 9.23 Å². The monoisotopic (exact) mass is 310 g/mol. The highest BCUT2D eigenvalue weighted by Gasteiger charge is 2.04. The van der Waals surface area contributed by atoms with Crippen molar-refractivity contribution in [1.29, 1.82) is 0 Å². The van der Waals surface area contributed by atoms with Gasteiger partial charge in [0.05, 0.1) is 0 Å². The van der Waals surface area contributed by atoms with Crippen molar-refractivity contribution in [3.05, 3.63) is 58.6 Å². The SMILES string of the molecule is Cc1ccc(Oc2ccc(Cl)cc2CBr)cc1. The van der Waals surface area contributed by atoms with Crippen LogP contribution in [-0.2, 0) is 5.33 Å². The Bertz CT molecular complexity index is 508. The molecule has 1 nitrogen and oxygen atoms in total. The lowest BCUT2D eigenvalue weighted by Crippen LogP contribution is -1.89. The third-order valence-electron chi connectivity index (χ3n) is 2.42. The Kier molecular flexibility index (Phi) is 4.08. The van der Waals surface area contributed by atoms with Crippen molar-refractivity contribution in [2.24, 2.45) is 0 Å². The number of rotatable bonds is 3. The van der Waals surface area contributed by atoms with E-state index in [9.17, 15) is 0 Å². The molecule has 0 unspecified atom stereocenters. The number of aryl methyl sites for hydroxylation is 1. The molecule has 0 aromatic heterocycles. The minimum atomic E-state index is 0.717. The molecule has 17 heavy (non-hydrogen) atoms. The largest absolute Gasteiger partial charge is 0.457 e. The van der Waals surface area contributed by atoms with Gasteiger partial charge in [0.2, 0.25) is 0 Å². The Labute approximate surface area is 115 Å². The average molecular weight is 312 g/mol. The molecule has 0 N–H and O–H groups in total. The highest BCUT2D eigenvalue weighted by atomic mass is 79.9. The van der Waals surface area contributed by atoms with Crippen molar-refractivity contribution >= 4 is 27.5 Å². The summed E-state index contributed by atoms with van der Waals surface area (Å²) < 4.78 is 5.82. The molecule has 0 aliphatic carbocycles. The Balaban J connectivity index is 2.26. The molecule has 2 rings (SSSR count). The van der Waals surface area contributed by atoms with E-state index in [2.05, 4.69) is 22.9 Å². The first kappa shape index (κ1) is 12.5. The van der Waals surface area contributed by atoms with Gasteiger partial charge in [0, 0.05) is 15.9 Å². The van der Waals surface area contributed by atoms with Crippen molar-refractivity contribution in [3.63, 3.8) is 0 Å². The van der Waals surface area contributed by atoms with Crippen molar-refractivity contribution in [2.75, 3.05) is 0 Å². The maximum absolute atomic E-state index is 5.94. The summed E-state index contributed by atoms with van der Waals surface area (Å²) in [4.78, 5) is 0. The van der Waals surface area contributed by atoms with E-state index in [0.29, 0.717) is 0 Å². The van der Waals surface area contributed by atoms with Gasteiger partial charge in [0.1, 0.15) is 11.5 Å². The molecule has 0 saturated carbocycles. The molecule has 2 aromatic rings. The quantitative estimate of drug-likeness (QED) is 0.696. The van der Waals surface area contributed by atoms with E-state index in [4.69, 9.17) is 16.3 Å². The molecule has 0 heterocycles. The highest BCUT2D eigenvalue weighted by Crippen LogP contribution is 2.29. The maximum atomic E-state index is 5.94. The Morgan fingerprint density at radius 1 is 1.12 bits per heavy atom. The van der Waals surface area contributed by atoms with Gasteiger partial charge in [-0.3, -0.25) is 0 Å². The van der Waals surface area contributed by atoms with Gasteiger partial charge in [-0.25, -0.2) is 0 Å². The summed E-state index contributed by atoms with van der Waals surface area (Å²) in [6.45, 7) is 2.05. The molecule has 0 fully saturated rings. The third kappa shape index (κ3) is 3.24. The van der Waals surface area contributed by atoms with Gasteiger partial charge >= 0.3 is 0 Å². The number of halogens is 2. The summed E-state index contributed by atoms with van der Waals surface area (Å²) >= 11 is 9.37. The summed E-state index contributed by atoms with van der Waals surface area (Å²) in [5.74, 6) is 1.66. The number of benzene rings is 2. The normalized spacial score (nSPS) is 10.3. The lowest BCUT2D eigenvalue weighted by Gasteiger charge is -2.10. The van der Waals surface area contributed by atoms with Crippen LogP contribution in [0.4, 0.5) is 0 Å². The fourth-order valence-electron chi connectivity index (χ4n) is 1.49. The van der Waals surface area contributed by atoms with E-state index in [-0.39, 0.29) is 0 Å². The molecule has 0 saturated heterocycles. The van der Waals surface area contributed by atoms with Gasteiger partial charge in [-0.15, -0.1) is 0 Å². The van der Waals surface area contributed by atoms with Gasteiger partial charge in [-0.1, -0.05) is 45.2 Å². The van der Waals surface area contributed by atoms with E-state index >= 15 is 0 Å². The number of ether oxygens (including phenoxy) is 1. The van der Waals surface area contributed by atoms with Crippen LogP contribution in [0.2, 0.25) is 5.02 Å². The van der Waals surface area contributed by atoms with E-state index in [1.54, 1.807) is 0 Å². The number of hydrogen-bond donors (Lipinski definition) is 0. The molecule has 0 atom stereocenters. The molecule has 0 bridgehead atoms. The Morgan fingerprint density at radius 3 is 2.47 bits per heavy atom. The van der Waals surface area contributed by atoms with Crippen molar-refractivity contribution in [1.82, 2.24) is 0 Å². The summed E-state index contributed by atoms with van der Waals surface area (Å²) in [6.07, 6.45) is 0. The smallest absolute Gasteiger partial charge is 0.131 e. The Hall–Kier alpha value is -0.990. The average Bonchev–Trinajstić information content (AvgIpc) is 2.34. The molecule has 0 aliphatic heterocycles. The zero-order valence-electron chi connectivity index (χ0n) is 9.41. The number of alkyl halides is 1. The first-order valence-corrected chi connectivity index (χ1v) is 6.78. The second-order valence-corrected chi connectivity index (χ2v) is 4.80. The second-order valence-electron chi connectivity index (χ2n) is 3.80. The summed E-state index contributed by atoms with van der Waals surface area (Å²) in [5.41, 5.74) is 2.26. The summed E-state index contributed by atoms with van der Waals surface area (Å²) in [5, 5.41) is 1.44. The van der Waals surface area contributed by atoms with Crippen molar-refractivity contribution in [3.8, 4) is 11.5 Å². The summed E-state index contributed by atoms with van der Waals surface area (Å²) in [6, 6.07) is 13.6. The molecular weight excluding hydrogens is 300 g/mol. The molecule has 3 heteroatoms. The third-order valence-corrected chi connectivity index (χ3v) is 3.25. The van der Waals surface area contributed by atoms with Gasteiger partial charge in [0.25, 0.3) is 0 Å². The lowest BCUT2D eigenvalue weighted by atomic mass is 10.2. The minimum Gasteiger partial charge on any atom is -0.457 e. The molecule has 2 aromatic carbocycles. The van der Waals surface area contributed by atoms with Crippen molar-refractivity contribution < 1.29 is 4.74 Å². The number of hydrogen-bond acceptors (Lipinski definition) is 1. The first-order chi connectivity index (χ1) is 8.19. The predicted octanol–water partition coefficient (Wildman–Crippen LogP) is 5.34. The van der Waals surface area contributed by atoms with Crippen LogP contribution in [0.25, 0.3) is 0 Å². The molecule has 0 radical (unpaired) electrons. The fourth-order valence-corrected chi connectivity index (χ4v) is 2.12. The van der Waals surface area contributed by atoms with Crippen molar-refractivity contribution in [2.45, 2.75) is 12.3 Å². The van der Waals surface area contributed by atoms with E-state index in [1.165, 1.54) is 5.56 Å². The van der Waals surface area contributed by atoms with Crippen LogP contribution < -0.4 is 4.74 Å². The fraction of sp³-hybridized carbons (Fsp3) is 0.143. The molecule has 0 amide bonds. The highest BCUT2D eigenvalue weighted by molar-refractivity contribution is 9.08. The molecule has 88 valence electrons. The lowest BCUT2D eigenvalue weighted by molar-refractivity contribution is 0.478. The first-order valence-electron chi connectivity index (χ1n) is 5.28. The van der Waals surface area contributed by atoms with Crippen LogP contribution in [0.3, 0.4) is 0 Å². The maximum Gasteiger partial charge on any atom is 0.131 e. The second kappa shape index (κ2) is 5.56. The van der Waals surface area contributed by atoms with Gasteiger partial charge < -0.3 is 4.74 Å². The standard InChI is InChI=1S/C14H12BrClO/c1-10-2-5-13(6-3-10)17-14-7-4-12(16)8-11(14)9-15/h2-8H,9H2,1H3. The molecular formula is C14H12BrClO. The van der Waals surface area contributed by atoms with Crippen LogP contribution in [-0.4, -0.2) is 0 Å². The zero-order valence-corrected chi connectivity index (χ0v) is 11.8. The van der Waals surface area contributed by atoms with E-state index in [1.807, 2.05) is 42.5 Å². The molecule has 0 spiro atoms. The van der Waals surface area contributed by atoms with Crippen LogP contribution in [0, 0.1) is 6.92 Å². The minimum absolute atomic E-state index is 0.717. The zero-order chi connectivity index (χ0) is 12.3. The Morgan fingerprint density at radius 2 is 1.82 bits per heavy atom.